The Morgan fingerprint density at radius 3 is 2.90 bits per heavy atom. The molecule has 0 saturated heterocycles. The van der Waals surface area contributed by atoms with Gasteiger partial charge in [0.25, 0.3) is 0 Å². The lowest BCUT2D eigenvalue weighted by Gasteiger charge is -2.21. The van der Waals surface area contributed by atoms with Gasteiger partial charge in [-0.05, 0) is 32.9 Å². The van der Waals surface area contributed by atoms with E-state index in [0.29, 0.717) is 12.1 Å². The zero-order valence-electron chi connectivity index (χ0n) is 11.8. The van der Waals surface area contributed by atoms with Crippen molar-refractivity contribution in [3.63, 3.8) is 0 Å². The zero-order valence-corrected chi connectivity index (χ0v) is 11.8. The van der Waals surface area contributed by atoms with Crippen molar-refractivity contribution >= 4 is 23.0 Å². The summed E-state index contributed by atoms with van der Waals surface area (Å²) in [4.78, 5) is 16.7. The standard InChI is InChI=1S/C15H17N3O2/c1-9(2)20-14(19)11-8-18-13-7-5-4-6-12(13)17-15(18)16-10(11)3/h4-7,9H,8H2,1-3H3,(H,16,17). The molecule has 0 spiro atoms. The van der Waals surface area contributed by atoms with Crippen molar-refractivity contribution in [1.82, 2.24) is 9.55 Å². The van der Waals surface area contributed by atoms with Crippen molar-refractivity contribution in [1.29, 1.82) is 0 Å². The largest absolute Gasteiger partial charge is 0.460 e. The third kappa shape index (κ3) is 2.05. The quantitative estimate of drug-likeness (QED) is 0.853. The molecular weight excluding hydrogens is 254 g/mol. The Morgan fingerprint density at radius 1 is 1.40 bits per heavy atom. The highest BCUT2D eigenvalue weighted by Gasteiger charge is 2.24. The van der Waals surface area contributed by atoms with Crippen LogP contribution in [0.3, 0.4) is 0 Å². The first kappa shape index (κ1) is 12.7. The van der Waals surface area contributed by atoms with E-state index in [0.717, 1.165) is 22.7 Å². The van der Waals surface area contributed by atoms with Gasteiger partial charge in [-0.3, -0.25) is 0 Å². The Kier molecular flexibility index (Phi) is 2.97. The van der Waals surface area contributed by atoms with Crippen molar-refractivity contribution < 1.29 is 9.53 Å². The highest BCUT2D eigenvalue weighted by Crippen LogP contribution is 2.27. The van der Waals surface area contributed by atoms with Crippen molar-refractivity contribution in [2.75, 3.05) is 5.32 Å². The van der Waals surface area contributed by atoms with Crippen molar-refractivity contribution in [2.24, 2.45) is 0 Å². The summed E-state index contributed by atoms with van der Waals surface area (Å²) in [6.45, 7) is 6.06. The highest BCUT2D eigenvalue weighted by molar-refractivity contribution is 5.91. The summed E-state index contributed by atoms with van der Waals surface area (Å²) in [6.07, 6.45) is -0.122. The summed E-state index contributed by atoms with van der Waals surface area (Å²) >= 11 is 0. The molecule has 0 saturated carbocycles. The normalized spacial score (nSPS) is 14.4. The molecule has 0 bridgehead atoms. The molecule has 0 aliphatic carbocycles. The number of hydrogen-bond donors (Lipinski definition) is 1. The van der Waals surface area contributed by atoms with E-state index in [9.17, 15) is 4.79 Å². The number of imidazole rings is 1. The van der Waals surface area contributed by atoms with Gasteiger partial charge >= 0.3 is 5.97 Å². The number of allylic oxidation sites excluding steroid dienone is 1. The number of nitrogens with zero attached hydrogens (tertiary/aromatic N) is 2. The molecule has 5 nitrogen and oxygen atoms in total. The molecule has 1 aliphatic rings. The van der Waals surface area contributed by atoms with Gasteiger partial charge in [0.15, 0.2) is 0 Å². The van der Waals surface area contributed by atoms with Crippen LogP contribution in [0.2, 0.25) is 0 Å². The lowest BCUT2D eigenvalue weighted by atomic mass is 10.2. The minimum Gasteiger partial charge on any atom is -0.460 e. The van der Waals surface area contributed by atoms with E-state index >= 15 is 0 Å². The molecule has 1 aromatic heterocycles. The van der Waals surface area contributed by atoms with E-state index in [1.807, 2.05) is 49.6 Å². The molecule has 104 valence electrons. The summed E-state index contributed by atoms with van der Waals surface area (Å²) in [7, 11) is 0. The molecule has 2 heterocycles. The van der Waals surface area contributed by atoms with Crippen molar-refractivity contribution in [3.8, 4) is 0 Å². The fourth-order valence-corrected chi connectivity index (χ4v) is 2.35. The first-order valence-corrected chi connectivity index (χ1v) is 6.69. The molecule has 3 rings (SSSR count). The number of ether oxygens (including phenoxy) is 1. The zero-order chi connectivity index (χ0) is 14.3. The number of rotatable bonds is 2. The third-order valence-corrected chi connectivity index (χ3v) is 3.31. The fraction of sp³-hybridized carbons (Fsp3) is 0.333. The van der Waals surface area contributed by atoms with Crippen LogP contribution in [0.1, 0.15) is 20.8 Å². The number of hydrogen-bond acceptors (Lipinski definition) is 4. The molecule has 20 heavy (non-hydrogen) atoms. The predicted molar refractivity (Wildman–Crippen MR) is 77.3 cm³/mol. The van der Waals surface area contributed by atoms with Crippen molar-refractivity contribution in [3.05, 3.63) is 35.5 Å². The average molecular weight is 271 g/mol. The van der Waals surface area contributed by atoms with E-state index < -0.39 is 0 Å². The van der Waals surface area contributed by atoms with E-state index in [2.05, 4.69) is 10.3 Å². The molecule has 0 unspecified atom stereocenters. The van der Waals surface area contributed by atoms with E-state index in [4.69, 9.17) is 4.74 Å². The van der Waals surface area contributed by atoms with Gasteiger partial charge in [0.1, 0.15) is 0 Å². The van der Waals surface area contributed by atoms with Gasteiger partial charge in [-0.1, -0.05) is 12.1 Å². The maximum Gasteiger partial charge on any atom is 0.337 e. The fourth-order valence-electron chi connectivity index (χ4n) is 2.35. The Hall–Kier alpha value is -2.30. The monoisotopic (exact) mass is 271 g/mol. The minimum atomic E-state index is -0.270. The number of fused-ring (bicyclic) bond motifs is 3. The van der Waals surface area contributed by atoms with Crippen LogP contribution in [-0.2, 0) is 16.1 Å². The number of anilines is 1. The molecular formula is C15H17N3O2. The van der Waals surface area contributed by atoms with Crippen molar-refractivity contribution in [2.45, 2.75) is 33.4 Å². The molecule has 2 aromatic rings. The van der Waals surface area contributed by atoms with Crippen LogP contribution in [0.5, 0.6) is 0 Å². The minimum absolute atomic E-state index is 0.122. The number of para-hydroxylation sites is 2. The third-order valence-electron chi connectivity index (χ3n) is 3.31. The molecule has 0 amide bonds. The van der Waals surface area contributed by atoms with Gasteiger partial charge in [0, 0.05) is 5.70 Å². The summed E-state index contributed by atoms with van der Waals surface area (Å²) < 4.78 is 7.29. The number of aromatic nitrogens is 2. The van der Waals surface area contributed by atoms with Crippen LogP contribution in [0.25, 0.3) is 11.0 Å². The smallest absolute Gasteiger partial charge is 0.337 e. The number of benzene rings is 1. The van der Waals surface area contributed by atoms with Crippen LogP contribution in [0, 0.1) is 0 Å². The Bertz CT molecular complexity index is 713. The van der Waals surface area contributed by atoms with Crippen LogP contribution in [-0.4, -0.2) is 21.6 Å². The van der Waals surface area contributed by atoms with Crippen LogP contribution in [0.15, 0.2) is 35.5 Å². The number of carbonyl (C=O) groups is 1. The predicted octanol–water partition coefficient (Wildman–Crippen LogP) is 2.69. The molecule has 1 N–H and O–H groups in total. The summed E-state index contributed by atoms with van der Waals surface area (Å²) in [5.41, 5.74) is 3.38. The summed E-state index contributed by atoms with van der Waals surface area (Å²) in [5.74, 6) is 0.498. The SMILES string of the molecule is CC1=C(C(=O)OC(C)C)Cn2c(nc3ccccc32)N1. The first-order chi connectivity index (χ1) is 9.56. The topological polar surface area (TPSA) is 56.2 Å². The van der Waals surface area contributed by atoms with Gasteiger partial charge in [-0.2, -0.15) is 0 Å². The Labute approximate surface area is 117 Å². The summed E-state index contributed by atoms with van der Waals surface area (Å²) in [5, 5.41) is 3.18. The second-order valence-electron chi connectivity index (χ2n) is 5.19. The van der Waals surface area contributed by atoms with E-state index in [1.165, 1.54) is 0 Å². The molecule has 0 atom stereocenters. The lowest BCUT2D eigenvalue weighted by molar-refractivity contribution is -0.142. The maximum atomic E-state index is 12.1. The summed E-state index contributed by atoms with van der Waals surface area (Å²) in [6, 6.07) is 7.88. The maximum absolute atomic E-state index is 12.1. The van der Waals surface area contributed by atoms with E-state index in [-0.39, 0.29) is 12.1 Å². The molecule has 5 heteroatoms. The van der Waals surface area contributed by atoms with Gasteiger partial charge in [-0.15, -0.1) is 0 Å². The van der Waals surface area contributed by atoms with Gasteiger partial charge in [0.2, 0.25) is 5.95 Å². The molecule has 1 aromatic carbocycles. The second kappa shape index (κ2) is 4.67. The van der Waals surface area contributed by atoms with Gasteiger partial charge in [-0.25, -0.2) is 9.78 Å². The van der Waals surface area contributed by atoms with Crippen LogP contribution >= 0.6 is 0 Å². The van der Waals surface area contributed by atoms with Crippen LogP contribution < -0.4 is 5.32 Å². The van der Waals surface area contributed by atoms with Gasteiger partial charge in [0.05, 0.1) is 29.3 Å². The second-order valence-corrected chi connectivity index (χ2v) is 5.19. The van der Waals surface area contributed by atoms with Crippen LogP contribution in [0.4, 0.5) is 5.95 Å². The first-order valence-electron chi connectivity index (χ1n) is 6.69. The molecule has 1 aliphatic heterocycles. The number of nitrogens with one attached hydrogen (secondary N) is 1. The van der Waals surface area contributed by atoms with Gasteiger partial charge < -0.3 is 14.6 Å². The lowest BCUT2D eigenvalue weighted by Crippen LogP contribution is -2.24. The molecule has 0 radical (unpaired) electrons. The Balaban J connectivity index is 1.99. The highest BCUT2D eigenvalue weighted by atomic mass is 16.5. The Morgan fingerprint density at radius 2 is 2.15 bits per heavy atom. The molecule has 0 fully saturated rings. The van der Waals surface area contributed by atoms with E-state index in [1.54, 1.807) is 0 Å². The number of carbonyl (C=O) groups excluding carboxylic acids is 1. The number of esters is 1. The average Bonchev–Trinajstić information content (AvgIpc) is 2.74.